The fourth-order valence-corrected chi connectivity index (χ4v) is 3.20. The quantitative estimate of drug-likeness (QED) is 0.562. The van der Waals surface area contributed by atoms with Gasteiger partial charge in [0.05, 0.1) is 6.61 Å². The van der Waals surface area contributed by atoms with Crippen molar-refractivity contribution in [2.75, 3.05) is 18.9 Å². The molecule has 0 spiro atoms. The predicted molar refractivity (Wildman–Crippen MR) is 86.7 cm³/mol. The van der Waals surface area contributed by atoms with E-state index in [1.54, 1.807) is 0 Å². The van der Waals surface area contributed by atoms with Crippen molar-refractivity contribution in [2.24, 2.45) is 0 Å². The number of sulfonamides is 1. The minimum absolute atomic E-state index is 0.0347. The fourth-order valence-electron chi connectivity index (χ4n) is 2.00. The van der Waals surface area contributed by atoms with E-state index < -0.39 is 26.6 Å². The summed E-state index contributed by atoms with van der Waals surface area (Å²) in [7, 11) is -4.18. The van der Waals surface area contributed by atoms with Gasteiger partial charge in [0.15, 0.2) is 11.6 Å². The summed E-state index contributed by atoms with van der Waals surface area (Å²) in [4.78, 5) is -0.801. The highest BCUT2D eigenvalue weighted by molar-refractivity contribution is 7.89. The molecular formula is C16H18F2N2O3S. The molecule has 2 aromatic carbocycles. The number of hydrogen-bond acceptors (Lipinski definition) is 4. The van der Waals surface area contributed by atoms with Gasteiger partial charge in [-0.3, -0.25) is 0 Å². The number of ether oxygens (including phenoxy) is 1. The number of nitrogens with one attached hydrogen (secondary N) is 1. The SMILES string of the molecule is Nc1cc(F)c(F)c(S(=O)(=O)NCCCOCc2ccccc2)c1. The van der Waals surface area contributed by atoms with Crippen LogP contribution in [0.2, 0.25) is 0 Å². The molecule has 0 aromatic heterocycles. The van der Waals surface area contributed by atoms with E-state index >= 15 is 0 Å². The summed E-state index contributed by atoms with van der Waals surface area (Å²) in [6.45, 7) is 0.779. The third-order valence-electron chi connectivity index (χ3n) is 3.18. The highest BCUT2D eigenvalue weighted by atomic mass is 32.2. The number of nitrogens with two attached hydrogens (primary N) is 1. The molecule has 0 unspecified atom stereocenters. The van der Waals surface area contributed by atoms with Crippen LogP contribution in [0.15, 0.2) is 47.4 Å². The lowest BCUT2D eigenvalue weighted by molar-refractivity contribution is 0.119. The molecule has 0 bridgehead atoms. The zero-order chi connectivity index (χ0) is 17.6. The lowest BCUT2D eigenvalue weighted by atomic mass is 10.2. The molecule has 2 rings (SSSR count). The zero-order valence-electron chi connectivity index (χ0n) is 12.8. The van der Waals surface area contributed by atoms with E-state index in [0.29, 0.717) is 19.6 Å². The Labute approximate surface area is 139 Å². The zero-order valence-corrected chi connectivity index (χ0v) is 13.7. The summed E-state index contributed by atoms with van der Waals surface area (Å²) in [5.41, 5.74) is 6.20. The number of anilines is 1. The van der Waals surface area contributed by atoms with Crippen molar-refractivity contribution in [2.45, 2.75) is 17.9 Å². The molecule has 0 radical (unpaired) electrons. The number of rotatable bonds is 8. The Bertz CT molecular complexity index is 783. The number of hydrogen-bond donors (Lipinski definition) is 2. The molecule has 8 heteroatoms. The first-order valence-corrected chi connectivity index (χ1v) is 8.74. The van der Waals surface area contributed by atoms with Gasteiger partial charge >= 0.3 is 0 Å². The lowest BCUT2D eigenvalue weighted by Gasteiger charge is -2.09. The predicted octanol–water partition coefficient (Wildman–Crippen LogP) is 2.43. The second-order valence-electron chi connectivity index (χ2n) is 5.10. The fraction of sp³-hybridized carbons (Fsp3) is 0.250. The Morgan fingerprint density at radius 2 is 1.83 bits per heavy atom. The molecule has 0 amide bonds. The first-order valence-electron chi connectivity index (χ1n) is 7.26. The summed E-state index contributed by atoms with van der Waals surface area (Å²) in [5.74, 6) is -2.75. The van der Waals surface area contributed by atoms with Crippen LogP contribution in [0.3, 0.4) is 0 Å². The van der Waals surface area contributed by atoms with Crippen LogP contribution < -0.4 is 10.5 Å². The van der Waals surface area contributed by atoms with Gasteiger partial charge in [0.2, 0.25) is 10.0 Å². The van der Waals surface area contributed by atoms with Crippen LogP contribution in [-0.4, -0.2) is 21.6 Å². The minimum atomic E-state index is -4.18. The summed E-state index contributed by atoms with van der Waals surface area (Å²) in [6.07, 6.45) is 0.387. The summed E-state index contributed by atoms with van der Waals surface area (Å²) < 4.78 is 58.5. The average Bonchev–Trinajstić information content (AvgIpc) is 2.55. The van der Waals surface area contributed by atoms with Crippen molar-refractivity contribution in [3.63, 3.8) is 0 Å². The molecule has 0 aliphatic heterocycles. The second kappa shape index (κ2) is 8.18. The van der Waals surface area contributed by atoms with Crippen molar-refractivity contribution in [3.8, 4) is 0 Å². The van der Waals surface area contributed by atoms with Crippen LogP contribution in [0, 0.1) is 11.6 Å². The maximum absolute atomic E-state index is 13.6. The van der Waals surface area contributed by atoms with Gasteiger partial charge in [-0.15, -0.1) is 0 Å². The number of halogens is 2. The van der Waals surface area contributed by atoms with Crippen molar-refractivity contribution in [3.05, 3.63) is 59.7 Å². The summed E-state index contributed by atoms with van der Waals surface area (Å²) >= 11 is 0. The third-order valence-corrected chi connectivity index (χ3v) is 4.64. The van der Waals surface area contributed by atoms with Crippen LogP contribution >= 0.6 is 0 Å². The first-order chi connectivity index (χ1) is 11.4. The molecule has 0 aliphatic rings. The Morgan fingerprint density at radius 3 is 2.54 bits per heavy atom. The molecule has 0 fully saturated rings. The Hall–Kier alpha value is -2.03. The van der Waals surface area contributed by atoms with Crippen LogP contribution in [-0.2, 0) is 21.4 Å². The third kappa shape index (κ3) is 4.98. The van der Waals surface area contributed by atoms with Crippen LogP contribution in [0.25, 0.3) is 0 Å². The highest BCUT2D eigenvalue weighted by Gasteiger charge is 2.22. The van der Waals surface area contributed by atoms with Gasteiger partial charge in [-0.05, 0) is 24.1 Å². The second-order valence-corrected chi connectivity index (χ2v) is 6.84. The van der Waals surface area contributed by atoms with Crippen molar-refractivity contribution >= 4 is 15.7 Å². The minimum Gasteiger partial charge on any atom is -0.399 e. The molecule has 0 aliphatic carbocycles. The standard InChI is InChI=1S/C16H18F2N2O3S/c17-14-9-13(19)10-15(16(14)18)24(21,22)20-7-4-8-23-11-12-5-2-1-3-6-12/h1-3,5-6,9-10,20H,4,7-8,11,19H2. The van der Waals surface area contributed by atoms with E-state index in [4.69, 9.17) is 10.5 Å². The van der Waals surface area contributed by atoms with Crippen molar-refractivity contribution in [1.29, 1.82) is 0 Å². The van der Waals surface area contributed by atoms with E-state index in [1.165, 1.54) is 0 Å². The summed E-state index contributed by atoms with van der Waals surface area (Å²) in [5, 5.41) is 0. The average molecular weight is 356 g/mol. The molecule has 5 nitrogen and oxygen atoms in total. The van der Waals surface area contributed by atoms with E-state index in [9.17, 15) is 17.2 Å². The van der Waals surface area contributed by atoms with Gasteiger partial charge in [-0.1, -0.05) is 30.3 Å². The molecule has 2 aromatic rings. The molecule has 0 saturated carbocycles. The van der Waals surface area contributed by atoms with Crippen LogP contribution in [0.5, 0.6) is 0 Å². The highest BCUT2D eigenvalue weighted by Crippen LogP contribution is 2.20. The maximum atomic E-state index is 13.6. The number of benzene rings is 2. The molecule has 0 heterocycles. The van der Waals surface area contributed by atoms with Gasteiger partial charge < -0.3 is 10.5 Å². The molecule has 0 atom stereocenters. The molecule has 130 valence electrons. The van der Waals surface area contributed by atoms with Crippen molar-refractivity contribution in [1.82, 2.24) is 4.72 Å². The van der Waals surface area contributed by atoms with Gasteiger partial charge in [0.25, 0.3) is 0 Å². The number of nitrogen functional groups attached to an aromatic ring is 1. The van der Waals surface area contributed by atoms with Crippen LogP contribution in [0.4, 0.5) is 14.5 Å². The Morgan fingerprint density at radius 1 is 1.12 bits per heavy atom. The normalized spacial score (nSPS) is 11.6. The van der Waals surface area contributed by atoms with E-state index in [-0.39, 0.29) is 12.2 Å². The van der Waals surface area contributed by atoms with Gasteiger partial charge in [0.1, 0.15) is 4.90 Å². The Balaban J connectivity index is 1.81. The molecule has 0 saturated heterocycles. The van der Waals surface area contributed by atoms with E-state index in [1.807, 2.05) is 30.3 Å². The Kier molecular flexibility index (Phi) is 6.24. The van der Waals surface area contributed by atoms with E-state index in [2.05, 4.69) is 4.72 Å². The van der Waals surface area contributed by atoms with Crippen LogP contribution in [0.1, 0.15) is 12.0 Å². The lowest BCUT2D eigenvalue weighted by Crippen LogP contribution is -2.27. The van der Waals surface area contributed by atoms with E-state index in [0.717, 1.165) is 17.7 Å². The van der Waals surface area contributed by atoms with Gasteiger partial charge in [-0.25, -0.2) is 21.9 Å². The van der Waals surface area contributed by atoms with Gasteiger partial charge in [-0.2, -0.15) is 0 Å². The smallest absolute Gasteiger partial charge is 0.243 e. The largest absolute Gasteiger partial charge is 0.399 e. The van der Waals surface area contributed by atoms with Gasteiger partial charge in [0, 0.05) is 18.8 Å². The molecular weight excluding hydrogens is 338 g/mol. The topological polar surface area (TPSA) is 81.4 Å². The molecule has 3 N–H and O–H groups in total. The summed E-state index contributed by atoms with van der Waals surface area (Å²) in [6, 6.07) is 11.1. The van der Waals surface area contributed by atoms with Crippen molar-refractivity contribution < 1.29 is 21.9 Å². The molecule has 24 heavy (non-hydrogen) atoms. The monoisotopic (exact) mass is 356 g/mol. The maximum Gasteiger partial charge on any atom is 0.243 e. The first kappa shape index (κ1) is 18.3.